The molecule has 108 valence electrons. The maximum absolute atomic E-state index is 11.9. The summed E-state index contributed by atoms with van der Waals surface area (Å²) in [6.45, 7) is 1.04. The molecule has 7 nitrogen and oxygen atoms in total. The Labute approximate surface area is 111 Å². The van der Waals surface area contributed by atoms with Crippen molar-refractivity contribution in [1.29, 1.82) is 0 Å². The van der Waals surface area contributed by atoms with E-state index in [2.05, 4.69) is 0 Å². The second kappa shape index (κ2) is 7.08. The average Bonchev–Trinajstić information content (AvgIpc) is 2.35. The fourth-order valence-corrected chi connectivity index (χ4v) is 2.34. The van der Waals surface area contributed by atoms with Crippen LogP contribution in [0.4, 0.5) is 0 Å². The molecule has 1 aliphatic rings. The summed E-state index contributed by atoms with van der Waals surface area (Å²) in [5.74, 6) is -2.14. The van der Waals surface area contributed by atoms with Crippen molar-refractivity contribution in [2.45, 2.75) is 38.1 Å². The zero-order valence-corrected chi connectivity index (χ0v) is 10.7. The van der Waals surface area contributed by atoms with Crippen molar-refractivity contribution in [1.82, 2.24) is 4.90 Å². The number of carbonyl (C=O) groups excluding carboxylic acids is 1. The summed E-state index contributed by atoms with van der Waals surface area (Å²) in [6, 6.07) is -1.02. The number of likely N-dealkylation sites (tertiary alicyclic amines) is 1. The normalized spacial score (nSPS) is 20.9. The number of carbonyl (C=O) groups is 3. The van der Waals surface area contributed by atoms with Gasteiger partial charge in [0.1, 0.15) is 0 Å². The van der Waals surface area contributed by atoms with Gasteiger partial charge in [0.25, 0.3) is 0 Å². The number of rotatable bonds is 6. The van der Waals surface area contributed by atoms with Crippen LogP contribution >= 0.6 is 0 Å². The summed E-state index contributed by atoms with van der Waals surface area (Å²) < 4.78 is 0. The molecule has 1 rings (SSSR count). The molecule has 2 atom stereocenters. The predicted molar refractivity (Wildman–Crippen MR) is 66.4 cm³/mol. The van der Waals surface area contributed by atoms with Crippen LogP contribution in [0.2, 0.25) is 0 Å². The predicted octanol–water partition coefficient (Wildman–Crippen LogP) is -0.108. The Morgan fingerprint density at radius 2 is 1.95 bits per heavy atom. The lowest BCUT2D eigenvalue weighted by Gasteiger charge is -2.34. The molecule has 1 amide bonds. The molecule has 0 aromatic carbocycles. The number of nitrogens with zero attached hydrogens (tertiary/aromatic N) is 1. The van der Waals surface area contributed by atoms with Gasteiger partial charge < -0.3 is 20.8 Å². The van der Waals surface area contributed by atoms with E-state index < -0.39 is 18.0 Å². The molecule has 0 spiro atoms. The smallest absolute Gasteiger partial charge is 0.305 e. The summed E-state index contributed by atoms with van der Waals surface area (Å²) in [7, 11) is 0. The molecular weight excluding hydrogens is 252 g/mol. The highest BCUT2D eigenvalue weighted by Crippen LogP contribution is 2.21. The van der Waals surface area contributed by atoms with E-state index in [4.69, 9.17) is 15.9 Å². The van der Waals surface area contributed by atoms with Gasteiger partial charge in [0.2, 0.25) is 5.91 Å². The van der Waals surface area contributed by atoms with Gasteiger partial charge in [0.05, 0.1) is 12.5 Å². The Bertz CT molecular complexity index is 358. The topological polar surface area (TPSA) is 121 Å². The molecule has 1 heterocycles. The summed E-state index contributed by atoms with van der Waals surface area (Å²) in [5.41, 5.74) is 5.55. The number of carboxylic acids is 2. The molecule has 0 radical (unpaired) electrons. The van der Waals surface area contributed by atoms with Gasteiger partial charge in [-0.25, -0.2) is 0 Å². The van der Waals surface area contributed by atoms with Crippen molar-refractivity contribution in [2.75, 3.05) is 13.1 Å². The van der Waals surface area contributed by atoms with Crippen LogP contribution in [0.15, 0.2) is 0 Å². The molecule has 4 N–H and O–H groups in total. The van der Waals surface area contributed by atoms with E-state index in [0.29, 0.717) is 19.5 Å². The molecule has 1 saturated heterocycles. The molecule has 19 heavy (non-hydrogen) atoms. The minimum Gasteiger partial charge on any atom is -0.481 e. The monoisotopic (exact) mass is 272 g/mol. The van der Waals surface area contributed by atoms with Crippen molar-refractivity contribution in [3.8, 4) is 0 Å². The number of carboxylic acid groups (broad SMARTS) is 2. The van der Waals surface area contributed by atoms with E-state index in [9.17, 15) is 14.4 Å². The third-order valence-corrected chi connectivity index (χ3v) is 3.31. The average molecular weight is 272 g/mol. The van der Waals surface area contributed by atoms with Crippen LogP contribution < -0.4 is 5.73 Å². The zero-order chi connectivity index (χ0) is 14.4. The maximum Gasteiger partial charge on any atom is 0.305 e. The maximum atomic E-state index is 11.9. The van der Waals surface area contributed by atoms with Gasteiger partial charge in [-0.05, 0) is 25.2 Å². The van der Waals surface area contributed by atoms with Crippen LogP contribution in [0.3, 0.4) is 0 Å². The van der Waals surface area contributed by atoms with Gasteiger partial charge in [0.15, 0.2) is 0 Å². The lowest BCUT2D eigenvalue weighted by molar-refractivity contribution is -0.143. The lowest BCUT2D eigenvalue weighted by atomic mass is 9.93. The third-order valence-electron chi connectivity index (χ3n) is 3.31. The van der Waals surface area contributed by atoms with Crippen LogP contribution in [-0.2, 0) is 14.4 Å². The molecule has 2 unspecified atom stereocenters. The SMILES string of the molecule is NC(CC(=O)O)C(=O)N1CCCC(CCC(=O)O)C1. The van der Waals surface area contributed by atoms with Gasteiger partial charge in [-0.2, -0.15) is 0 Å². The molecule has 0 aromatic rings. The quantitative estimate of drug-likeness (QED) is 0.620. The van der Waals surface area contributed by atoms with Crippen LogP contribution in [-0.4, -0.2) is 52.1 Å². The van der Waals surface area contributed by atoms with Crippen LogP contribution in [0, 0.1) is 5.92 Å². The Morgan fingerprint density at radius 3 is 2.53 bits per heavy atom. The van der Waals surface area contributed by atoms with Gasteiger partial charge in [-0.15, -0.1) is 0 Å². The summed E-state index contributed by atoms with van der Waals surface area (Å²) in [4.78, 5) is 34.5. The summed E-state index contributed by atoms with van der Waals surface area (Å²) >= 11 is 0. The highest BCUT2D eigenvalue weighted by molar-refractivity contribution is 5.86. The van der Waals surface area contributed by atoms with Crippen molar-refractivity contribution in [3.63, 3.8) is 0 Å². The molecule has 1 fully saturated rings. The molecule has 0 aliphatic carbocycles. The fraction of sp³-hybridized carbons (Fsp3) is 0.750. The number of hydrogen-bond donors (Lipinski definition) is 3. The van der Waals surface area contributed by atoms with Gasteiger partial charge in [-0.1, -0.05) is 0 Å². The Morgan fingerprint density at radius 1 is 1.26 bits per heavy atom. The number of aliphatic carboxylic acids is 2. The fourth-order valence-electron chi connectivity index (χ4n) is 2.34. The van der Waals surface area contributed by atoms with E-state index in [-0.39, 0.29) is 24.7 Å². The lowest BCUT2D eigenvalue weighted by Crippen LogP contribution is -2.48. The minimum atomic E-state index is -1.10. The van der Waals surface area contributed by atoms with Crippen LogP contribution in [0.25, 0.3) is 0 Å². The Hall–Kier alpha value is -1.63. The number of hydrogen-bond acceptors (Lipinski definition) is 4. The molecule has 0 bridgehead atoms. The number of nitrogens with two attached hydrogens (primary N) is 1. The van der Waals surface area contributed by atoms with Crippen LogP contribution in [0.1, 0.15) is 32.1 Å². The van der Waals surface area contributed by atoms with Crippen molar-refractivity contribution in [3.05, 3.63) is 0 Å². The molecular formula is C12H20N2O5. The van der Waals surface area contributed by atoms with Gasteiger partial charge in [-0.3, -0.25) is 14.4 Å². The van der Waals surface area contributed by atoms with Crippen molar-refractivity contribution in [2.24, 2.45) is 11.7 Å². The first-order valence-electron chi connectivity index (χ1n) is 6.38. The number of amides is 1. The van der Waals surface area contributed by atoms with Gasteiger partial charge in [0, 0.05) is 19.5 Å². The van der Waals surface area contributed by atoms with Crippen molar-refractivity contribution < 1.29 is 24.6 Å². The van der Waals surface area contributed by atoms with Crippen molar-refractivity contribution >= 4 is 17.8 Å². The van der Waals surface area contributed by atoms with E-state index in [1.807, 2.05) is 0 Å². The largest absolute Gasteiger partial charge is 0.481 e. The minimum absolute atomic E-state index is 0.0911. The first kappa shape index (κ1) is 15.4. The third kappa shape index (κ3) is 5.25. The standard InChI is InChI=1S/C12H20N2O5/c13-9(6-11(17)18)12(19)14-5-1-2-8(7-14)3-4-10(15)16/h8-9H,1-7,13H2,(H,15,16)(H,17,18). The first-order valence-corrected chi connectivity index (χ1v) is 6.38. The second-order valence-electron chi connectivity index (χ2n) is 4.93. The first-order chi connectivity index (χ1) is 8.90. The highest BCUT2D eigenvalue weighted by Gasteiger charge is 2.28. The summed E-state index contributed by atoms with van der Waals surface area (Å²) in [5, 5.41) is 17.3. The Balaban J connectivity index is 2.47. The van der Waals surface area contributed by atoms with E-state index in [1.165, 1.54) is 0 Å². The molecule has 0 saturated carbocycles. The highest BCUT2D eigenvalue weighted by atomic mass is 16.4. The zero-order valence-electron chi connectivity index (χ0n) is 10.7. The van der Waals surface area contributed by atoms with E-state index >= 15 is 0 Å². The van der Waals surface area contributed by atoms with E-state index in [0.717, 1.165) is 12.8 Å². The Kier molecular flexibility index (Phi) is 5.75. The molecule has 0 aromatic heterocycles. The van der Waals surface area contributed by atoms with Gasteiger partial charge >= 0.3 is 11.9 Å². The second-order valence-corrected chi connectivity index (χ2v) is 4.93. The van der Waals surface area contributed by atoms with E-state index in [1.54, 1.807) is 4.90 Å². The van der Waals surface area contributed by atoms with Crippen LogP contribution in [0.5, 0.6) is 0 Å². The summed E-state index contributed by atoms with van der Waals surface area (Å²) in [6.07, 6.45) is 1.94. The molecule has 1 aliphatic heterocycles. The molecule has 7 heteroatoms. The number of piperidine rings is 1.